The molecule has 1 unspecified atom stereocenters. The first kappa shape index (κ1) is 14.3. The molecule has 0 aliphatic heterocycles. The van der Waals surface area contributed by atoms with Crippen molar-refractivity contribution in [2.45, 2.75) is 39.2 Å². The van der Waals surface area contributed by atoms with E-state index in [9.17, 15) is 0 Å². The molecule has 0 radical (unpaired) electrons. The second kappa shape index (κ2) is 5.87. The summed E-state index contributed by atoms with van der Waals surface area (Å²) in [6.45, 7) is 6.67. The average Bonchev–Trinajstić information content (AvgIpc) is 2.74. The highest BCUT2D eigenvalue weighted by atomic mass is 32.2. The van der Waals surface area contributed by atoms with Crippen LogP contribution >= 0.6 is 11.8 Å². The predicted molar refractivity (Wildman–Crippen MR) is 85.9 cm³/mol. The Bertz CT molecular complexity index is 560. The molecule has 0 spiro atoms. The number of anilines is 1. The van der Waals surface area contributed by atoms with Crippen LogP contribution in [0.3, 0.4) is 0 Å². The molecule has 1 aromatic heterocycles. The summed E-state index contributed by atoms with van der Waals surface area (Å²) < 4.78 is 2.38. The van der Waals surface area contributed by atoms with E-state index in [1.165, 1.54) is 11.3 Å². The van der Waals surface area contributed by atoms with Crippen molar-refractivity contribution in [1.82, 2.24) is 9.55 Å². The third-order valence-electron chi connectivity index (χ3n) is 3.44. The van der Waals surface area contributed by atoms with Crippen LogP contribution in [-0.2, 0) is 0 Å². The van der Waals surface area contributed by atoms with Gasteiger partial charge >= 0.3 is 0 Å². The van der Waals surface area contributed by atoms with Crippen LogP contribution in [-0.4, -0.2) is 21.6 Å². The molecule has 0 bridgehead atoms. The molecule has 2 rings (SSSR count). The number of imidazole rings is 1. The van der Waals surface area contributed by atoms with Gasteiger partial charge in [-0.3, -0.25) is 0 Å². The lowest BCUT2D eigenvalue weighted by Crippen LogP contribution is -2.11. The van der Waals surface area contributed by atoms with Gasteiger partial charge in [-0.25, -0.2) is 4.98 Å². The number of hydrogen-bond donors (Lipinski definition) is 1. The van der Waals surface area contributed by atoms with Crippen LogP contribution in [0.15, 0.2) is 18.2 Å². The van der Waals surface area contributed by atoms with Crippen LogP contribution < -0.4 is 5.73 Å². The Balaban J connectivity index is 2.51. The zero-order chi connectivity index (χ0) is 14.0. The summed E-state index contributed by atoms with van der Waals surface area (Å²) in [5.74, 6) is 2.76. The van der Waals surface area contributed by atoms with Crippen LogP contribution in [0, 0.1) is 0 Å². The number of nitrogen functional groups attached to an aromatic ring is 1. The van der Waals surface area contributed by atoms with Crippen molar-refractivity contribution in [2.24, 2.45) is 0 Å². The SMILES string of the molecule is CSCCC(C)n1c(C(C)C)nc2cc(N)ccc21. The van der Waals surface area contributed by atoms with Gasteiger partial charge in [0.2, 0.25) is 0 Å². The summed E-state index contributed by atoms with van der Waals surface area (Å²) in [6.07, 6.45) is 3.32. The molecule has 1 atom stereocenters. The lowest BCUT2D eigenvalue weighted by molar-refractivity contribution is 0.513. The van der Waals surface area contributed by atoms with Crippen molar-refractivity contribution < 1.29 is 0 Å². The second-order valence-corrected chi connectivity index (χ2v) is 6.36. The standard InChI is InChI=1S/C15H23N3S/c1-10(2)15-17-13-9-12(16)5-6-14(13)18(15)11(3)7-8-19-4/h5-6,9-11H,7-8,16H2,1-4H3. The molecule has 0 saturated heterocycles. The average molecular weight is 277 g/mol. The van der Waals surface area contributed by atoms with Crippen molar-refractivity contribution >= 4 is 28.5 Å². The van der Waals surface area contributed by atoms with Gasteiger partial charge in [-0.2, -0.15) is 11.8 Å². The lowest BCUT2D eigenvalue weighted by Gasteiger charge is -2.19. The first-order valence-corrected chi connectivity index (χ1v) is 8.20. The molecule has 1 aromatic carbocycles. The third kappa shape index (κ3) is 2.89. The van der Waals surface area contributed by atoms with Crippen molar-refractivity contribution in [2.75, 3.05) is 17.7 Å². The van der Waals surface area contributed by atoms with E-state index in [0.29, 0.717) is 12.0 Å². The molecular formula is C15H23N3S. The molecule has 4 heteroatoms. The highest BCUT2D eigenvalue weighted by Crippen LogP contribution is 2.28. The third-order valence-corrected chi connectivity index (χ3v) is 4.08. The molecule has 104 valence electrons. The lowest BCUT2D eigenvalue weighted by atomic mass is 10.1. The van der Waals surface area contributed by atoms with Crippen molar-refractivity contribution in [3.05, 3.63) is 24.0 Å². The first-order chi connectivity index (χ1) is 9.04. The maximum absolute atomic E-state index is 5.86. The van der Waals surface area contributed by atoms with Crippen LogP contribution in [0.2, 0.25) is 0 Å². The second-order valence-electron chi connectivity index (χ2n) is 5.37. The number of aromatic nitrogens is 2. The Labute approximate surface area is 119 Å². The molecule has 0 aliphatic carbocycles. The molecule has 19 heavy (non-hydrogen) atoms. The number of thioether (sulfide) groups is 1. The molecule has 0 fully saturated rings. The van der Waals surface area contributed by atoms with Gasteiger partial charge < -0.3 is 10.3 Å². The van der Waals surface area contributed by atoms with E-state index in [1.54, 1.807) is 0 Å². The summed E-state index contributed by atoms with van der Waals surface area (Å²) >= 11 is 1.90. The highest BCUT2D eigenvalue weighted by Gasteiger charge is 2.17. The molecule has 2 aromatic rings. The number of nitrogens with two attached hydrogens (primary N) is 1. The van der Waals surface area contributed by atoms with Gasteiger partial charge in [-0.05, 0) is 43.6 Å². The molecular weight excluding hydrogens is 254 g/mol. The van der Waals surface area contributed by atoms with Crippen molar-refractivity contribution in [3.8, 4) is 0 Å². The quantitative estimate of drug-likeness (QED) is 0.838. The Hall–Kier alpha value is -1.16. The van der Waals surface area contributed by atoms with E-state index in [1.807, 2.05) is 23.9 Å². The Kier molecular flexibility index (Phi) is 4.40. The molecule has 0 saturated carbocycles. The molecule has 2 N–H and O–H groups in total. The van der Waals surface area contributed by atoms with Gasteiger partial charge in [-0.15, -0.1) is 0 Å². The summed E-state index contributed by atoms with van der Waals surface area (Å²) in [4.78, 5) is 4.78. The van der Waals surface area contributed by atoms with Crippen molar-refractivity contribution in [1.29, 1.82) is 0 Å². The minimum Gasteiger partial charge on any atom is -0.399 e. The topological polar surface area (TPSA) is 43.8 Å². The Morgan fingerprint density at radius 2 is 2.05 bits per heavy atom. The largest absolute Gasteiger partial charge is 0.399 e. The fraction of sp³-hybridized carbons (Fsp3) is 0.533. The van der Waals surface area contributed by atoms with Gasteiger partial charge in [-0.1, -0.05) is 13.8 Å². The van der Waals surface area contributed by atoms with Gasteiger partial charge in [0.1, 0.15) is 5.82 Å². The summed E-state index contributed by atoms with van der Waals surface area (Å²) in [7, 11) is 0. The fourth-order valence-corrected chi connectivity index (χ4v) is 3.00. The number of fused-ring (bicyclic) bond motifs is 1. The number of rotatable bonds is 5. The summed E-state index contributed by atoms with van der Waals surface area (Å²) in [5.41, 5.74) is 8.86. The van der Waals surface area contributed by atoms with Crippen LogP contribution in [0.5, 0.6) is 0 Å². The van der Waals surface area contributed by atoms with E-state index in [0.717, 1.165) is 23.4 Å². The van der Waals surface area contributed by atoms with E-state index >= 15 is 0 Å². The molecule has 0 aliphatic rings. The normalized spacial score (nSPS) is 13.3. The highest BCUT2D eigenvalue weighted by molar-refractivity contribution is 7.98. The molecule has 1 heterocycles. The zero-order valence-electron chi connectivity index (χ0n) is 12.2. The Morgan fingerprint density at radius 3 is 2.68 bits per heavy atom. The maximum Gasteiger partial charge on any atom is 0.112 e. The first-order valence-electron chi connectivity index (χ1n) is 6.81. The minimum atomic E-state index is 0.422. The van der Waals surface area contributed by atoms with Gasteiger partial charge in [0.15, 0.2) is 0 Å². The monoisotopic (exact) mass is 277 g/mol. The smallest absolute Gasteiger partial charge is 0.112 e. The van der Waals surface area contributed by atoms with Gasteiger partial charge in [0.05, 0.1) is 11.0 Å². The van der Waals surface area contributed by atoms with Crippen LogP contribution in [0.25, 0.3) is 11.0 Å². The Morgan fingerprint density at radius 1 is 1.32 bits per heavy atom. The summed E-state index contributed by atoms with van der Waals surface area (Å²) in [6, 6.07) is 6.50. The number of hydrogen-bond acceptors (Lipinski definition) is 3. The van der Waals surface area contributed by atoms with Gasteiger partial charge in [0, 0.05) is 17.6 Å². The zero-order valence-corrected chi connectivity index (χ0v) is 13.0. The van der Waals surface area contributed by atoms with E-state index in [4.69, 9.17) is 10.7 Å². The van der Waals surface area contributed by atoms with Gasteiger partial charge in [0.25, 0.3) is 0 Å². The van der Waals surface area contributed by atoms with Crippen LogP contribution in [0.4, 0.5) is 5.69 Å². The van der Waals surface area contributed by atoms with E-state index in [-0.39, 0.29) is 0 Å². The van der Waals surface area contributed by atoms with Crippen LogP contribution in [0.1, 0.15) is 45.0 Å². The van der Waals surface area contributed by atoms with E-state index < -0.39 is 0 Å². The summed E-state index contributed by atoms with van der Waals surface area (Å²) in [5, 5.41) is 0. The number of benzene rings is 1. The number of nitrogens with zero attached hydrogens (tertiary/aromatic N) is 2. The molecule has 3 nitrogen and oxygen atoms in total. The minimum absolute atomic E-state index is 0.422. The molecule has 0 amide bonds. The maximum atomic E-state index is 5.86. The predicted octanol–water partition coefficient (Wildman–Crippen LogP) is 4.06. The van der Waals surface area contributed by atoms with E-state index in [2.05, 4.69) is 37.7 Å². The fourth-order valence-electron chi connectivity index (χ4n) is 2.42. The van der Waals surface area contributed by atoms with Crippen molar-refractivity contribution in [3.63, 3.8) is 0 Å².